The summed E-state index contributed by atoms with van der Waals surface area (Å²) in [6.07, 6.45) is 4.67. The fraction of sp³-hybridized carbons (Fsp3) is 0.263. The lowest BCUT2D eigenvalue weighted by Crippen LogP contribution is -2.35. The second-order valence-electron chi connectivity index (χ2n) is 6.97. The molecular weight excluding hydrogens is 408 g/mol. The van der Waals surface area contributed by atoms with E-state index in [1.807, 2.05) is 4.90 Å². The molecule has 30 heavy (non-hydrogen) atoms. The minimum Gasteiger partial charge on any atom is -0.366 e. The van der Waals surface area contributed by atoms with Crippen LogP contribution in [0.5, 0.6) is 0 Å². The number of hydrogen-bond donors (Lipinski definition) is 1. The number of anilines is 2. The Morgan fingerprint density at radius 1 is 1.10 bits per heavy atom. The van der Waals surface area contributed by atoms with Crippen LogP contribution in [0.2, 0.25) is 0 Å². The number of nitrogens with zero attached hydrogens (tertiary/aromatic N) is 5. The first kappa shape index (κ1) is 19.8. The van der Waals surface area contributed by atoms with Gasteiger partial charge in [0, 0.05) is 24.8 Å². The smallest absolute Gasteiger partial charge is 0.293 e. The van der Waals surface area contributed by atoms with E-state index >= 15 is 0 Å². The number of sulfonamides is 1. The monoisotopic (exact) mass is 428 g/mol. The maximum atomic E-state index is 12.7. The van der Waals surface area contributed by atoms with Gasteiger partial charge in [-0.25, -0.2) is 18.1 Å². The van der Waals surface area contributed by atoms with Crippen molar-refractivity contribution in [2.24, 2.45) is 0 Å². The molecule has 1 N–H and O–H groups in total. The highest BCUT2D eigenvalue weighted by atomic mass is 32.2. The van der Waals surface area contributed by atoms with Gasteiger partial charge in [-0.2, -0.15) is 5.10 Å². The minimum absolute atomic E-state index is 0.153. The maximum Gasteiger partial charge on any atom is 0.293 e. The zero-order valence-corrected chi connectivity index (χ0v) is 16.8. The molecule has 2 heterocycles. The Morgan fingerprint density at radius 3 is 2.47 bits per heavy atom. The van der Waals surface area contributed by atoms with Gasteiger partial charge in [0.1, 0.15) is 18.3 Å². The van der Waals surface area contributed by atoms with Crippen LogP contribution in [0.3, 0.4) is 0 Å². The molecule has 1 aliphatic heterocycles. The predicted octanol–water partition coefficient (Wildman–Crippen LogP) is 2.83. The average Bonchev–Trinajstić information content (AvgIpc) is 3.29. The number of aromatic nitrogens is 3. The fourth-order valence-corrected chi connectivity index (χ4v) is 4.66. The average molecular weight is 428 g/mol. The number of para-hydroxylation sites is 1. The number of nitro groups is 1. The van der Waals surface area contributed by atoms with Crippen LogP contribution >= 0.6 is 0 Å². The number of nitro benzene ring substituents is 1. The highest BCUT2D eigenvalue weighted by Gasteiger charge is 2.28. The first-order valence-corrected chi connectivity index (χ1v) is 10.9. The van der Waals surface area contributed by atoms with Gasteiger partial charge in [-0.15, -0.1) is 0 Å². The predicted molar refractivity (Wildman–Crippen MR) is 111 cm³/mol. The van der Waals surface area contributed by atoms with Crippen LogP contribution in [-0.4, -0.2) is 41.2 Å². The molecule has 0 atom stereocenters. The minimum atomic E-state index is -3.95. The van der Waals surface area contributed by atoms with Crippen LogP contribution in [0, 0.1) is 10.1 Å². The van der Waals surface area contributed by atoms with E-state index in [1.165, 1.54) is 18.5 Å². The number of nitrogens with one attached hydrogen (secondary N) is 1. The second kappa shape index (κ2) is 8.11. The van der Waals surface area contributed by atoms with Crippen LogP contribution in [0.25, 0.3) is 0 Å². The van der Waals surface area contributed by atoms with Crippen molar-refractivity contribution >= 4 is 27.1 Å². The van der Waals surface area contributed by atoms with E-state index in [-0.39, 0.29) is 16.6 Å². The quantitative estimate of drug-likeness (QED) is 0.473. The molecule has 11 heteroatoms. The van der Waals surface area contributed by atoms with Crippen LogP contribution < -0.4 is 9.62 Å². The van der Waals surface area contributed by atoms with Gasteiger partial charge in [0.2, 0.25) is 0 Å². The zero-order valence-electron chi connectivity index (χ0n) is 16.0. The van der Waals surface area contributed by atoms with Crippen LogP contribution in [0.1, 0.15) is 18.9 Å². The molecular formula is C19H20N6O4S. The van der Waals surface area contributed by atoms with E-state index in [1.54, 1.807) is 41.3 Å². The van der Waals surface area contributed by atoms with Crippen molar-refractivity contribution in [1.82, 2.24) is 14.8 Å². The van der Waals surface area contributed by atoms with Gasteiger partial charge in [0.25, 0.3) is 15.7 Å². The molecule has 0 amide bonds. The molecule has 1 aromatic heterocycles. The third-order valence-corrected chi connectivity index (χ3v) is 6.47. The normalized spacial score (nSPS) is 15.1. The van der Waals surface area contributed by atoms with Crippen molar-refractivity contribution in [2.45, 2.75) is 23.8 Å². The first-order valence-electron chi connectivity index (χ1n) is 9.39. The molecule has 3 aromatic rings. The van der Waals surface area contributed by atoms with Gasteiger partial charge in [-0.1, -0.05) is 18.2 Å². The Balaban J connectivity index is 1.56. The van der Waals surface area contributed by atoms with Crippen LogP contribution in [-0.2, 0) is 10.0 Å². The summed E-state index contributed by atoms with van der Waals surface area (Å²) in [6.45, 7) is 1.19. The summed E-state index contributed by atoms with van der Waals surface area (Å²) < 4.78 is 29.6. The third kappa shape index (κ3) is 4.10. The summed E-state index contributed by atoms with van der Waals surface area (Å²) in [6, 6.07) is 12.6. The highest BCUT2D eigenvalue weighted by molar-refractivity contribution is 7.92. The summed E-state index contributed by atoms with van der Waals surface area (Å²) in [4.78, 5) is 16.9. The molecule has 4 rings (SSSR count). The molecule has 1 aliphatic rings. The van der Waals surface area contributed by atoms with Crippen molar-refractivity contribution in [3.63, 3.8) is 0 Å². The molecule has 0 saturated carbocycles. The van der Waals surface area contributed by atoms with Gasteiger partial charge in [0.05, 0.1) is 15.9 Å². The molecule has 1 saturated heterocycles. The van der Waals surface area contributed by atoms with Gasteiger partial charge in [-0.3, -0.25) is 14.8 Å². The maximum absolute atomic E-state index is 12.7. The topological polar surface area (TPSA) is 123 Å². The van der Waals surface area contributed by atoms with E-state index in [9.17, 15) is 18.5 Å². The largest absolute Gasteiger partial charge is 0.366 e. The second-order valence-corrected chi connectivity index (χ2v) is 8.66. The van der Waals surface area contributed by atoms with Crippen molar-refractivity contribution in [3.8, 4) is 0 Å². The van der Waals surface area contributed by atoms with Crippen molar-refractivity contribution in [1.29, 1.82) is 0 Å². The van der Waals surface area contributed by atoms with E-state index < -0.39 is 14.9 Å². The number of hydrogen-bond acceptors (Lipinski definition) is 7. The van der Waals surface area contributed by atoms with Crippen molar-refractivity contribution in [3.05, 3.63) is 71.3 Å². The summed E-state index contributed by atoms with van der Waals surface area (Å²) in [5, 5.41) is 15.9. The molecule has 1 fully saturated rings. The summed E-state index contributed by atoms with van der Waals surface area (Å²) >= 11 is 0. The Morgan fingerprint density at radius 2 is 1.83 bits per heavy atom. The lowest BCUT2D eigenvalue weighted by Gasteiger charge is -2.33. The summed E-state index contributed by atoms with van der Waals surface area (Å²) in [5.74, 6) is 0. The third-order valence-electron chi connectivity index (χ3n) is 5.10. The lowest BCUT2D eigenvalue weighted by atomic mass is 10.0. The Bertz CT molecular complexity index is 1130. The molecule has 0 bridgehead atoms. The fourth-order valence-electron chi connectivity index (χ4n) is 3.58. The molecule has 0 radical (unpaired) electrons. The van der Waals surface area contributed by atoms with Gasteiger partial charge in [0.15, 0.2) is 0 Å². The van der Waals surface area contributed by atoms with Crippen molar-refractivity contribution < 1.29 is 13.3 Å². The lowest BCUT2D eigenvalue weighted by molar-refractivity contribution is -0.384. The number of piperidine rings is 1. The van der Waals surface area contributed by atoms with Gasteiger partial charge < -0.3 is 4.90 Å². The molecule has 0 aliphatic carbocycles. The van der Waals surface area contributed by atoms with E-state index in [4.69, 9.17) is 0 Å². The molecule has 0 unspecified atom stereocenters. The number of rotatable bonds is 6. The zero-order chi connectivity index (χ0) is 21.1. The van der Waals surface area contributed by atoms with E-state index in [2.05, 4.69) is 14.8 Å². The summed E-state index contributed by atoms with van der Waals surface area (Å²) in [5.41, 5.74) is 0.570. The Labute approximate surface area is 173 Å². The van der Waals surface area contributed by atoms with Crippen molar-refractivity contribution in [2.75, 3.05) is 22.7 Å². The molecule has 10 nitrogen and oxygen atoms in total. The SMILES string of the molecule is O=[N+]([O-])c1cc(S(=O)(=O)Nc2ccccc2)ccc1N1CCC(n2cncn2)CC1. The van der Waals surface area contributed by atoms with Crippen LogP contribution in [0.15, 0.2) is 66.1 Å². The van der Waals surface area contributed by atoms with E-state index in [0.29, 0.717) is 24.5 Å². The Kier molecular flexibility index (Phi) is 5.36. The molecule has 156 valence electrons. The molecule has 2 aromatic carbocycles. The Hall–Kier alpha value is -3.47. The number of benzene rings is 2. The molecule has 0 spiro atoms. The summed E-state index contributed by atoms with van der Waals surface area (Å²) in [7, 11) is -3.95. The highest BCUT2D eigenvalue weighted by Crippen LogP contribution is 2.34. The van der Waals surface area contributed by atoms with Gasteiger partial charge in [-0.05, 0) is 37.1 Å². The standard InChI is InChI=1S/C19H20N6O4S/c26-25(27)19-12-17(30(28,29)22-15-4-2-1-3-5-15)6-7-18(19)23-10-8-16(9-11-23)24-14-20-13-21-24/h1-7,12-14,16,22H,8-11H2. The van der Waals surface area contributed by atoms with Crippen LogP contribution in [0.4, 0.5) is 17.1 Å². The van der Waals surface area contributed by atoms with Gasteiger partial charge >= 0.3 is 0 Å². The van der Waals surface area contributed by atoms with E-state index in [0.717, 1.165) is 18.9 Å². The first-order chi connectivity index (χ1) is 14.4.